The van der Waals surface area contributed by atoms with Crippen molar-refractivity contribution < 1.29 is 18.4 Å². The molecule has 4 rings (SSSR count). The second kappa shape index (κ2) is 8.42. The molecular formula is C23H25F2N3O2. The molecule has 0 aromatic heterocycles. The summed E-state index contributed by atoms with van der Waals surface area (Å²) < 4.78 is 27.6. The summed E-state index contributed by atoms with van der Waals surface area (Å²) in [5.74, 6) is -1.06. The molecule has 1 aliphatic carbocycles. The molecule has 30 heavy (non-hydrogen) atoms. The molecule has 2 aliphatic rings. The van der Waals surface area contributed by atoms with Gasteiger partial charge in [-0.25, -0.2) is 13.6 Å². The number of carbonyl (C=O) groups excluding carboxylic acids is 2. The van der Waals surface area contributed by atoms with E-state index in [1.54, 1.807) is 4.90 Å². The second-order valence-corrected chi connectivity index (χ2v) is 8.08. The topological polar surface area (TPSA) is 52.6 Å². The number of amides is 3. The zero-order valence-electron chi connectivity index (χ0n) is 17.0. The van der Waals surface area contributed by atoms with E-state index in [1.807, 2.05) is 25.1 Å². The van der Waals surface area contributed by atoms with Crippen molar-refractivity contribution in [1.82, 2.24) is 4.90 Å². The highest BCUT2D eigenvalue weighted by molar-refractivity contribution is 6.01. The van der Waals surface area contributed by atoms with E-state index in [2.05, 4.69) is 5.32 Å². The fourth-order valence-corrected chi connectivity index (χ4v) is 3.91. The van der Waals surface area contributed by atoms with E-state index in [0.29, 0.717) is 30.9 Å². The molecule has 2 aromatic rings. The fourth-order valence-electron chi connectivity index (χ4n) is 3.91. The van der Waals surface area contributed by atoms with E-state index in [-0.39, 0.29) is 30.0 Å². The molecule has 158 valence electrons. The lowest BCUT2D eigenvalue weighted by atomic mass is 9.85. The smallest absolute Gasteiger partial charge is 0.324 e. The van der Waals surface area contributed by atoms with Gasteiger partial charge in [0.15, 0.2) is 0 Å². The number of hydrogen-bond donors (Lipinski definition) is 1. The molecule has 3 amide bonds. The normalized spacial score (nSPS) is 17.1. The quantitative estimate of drug-likeness (QED) is 0.762. The Morgan fingerprint density at radius 3 is 2.63 bits per heavy atom. The molecule has 5 nitrogen and oxygen atoms in total. The third-order valence-corrected chi connectivity index (χ3v) is 5.86. The molecule has 7 heteroatoms. The van der Waals surface area contributed by atoms with Crippen LogP contribution in [0.4, 0.5) is 25.0 Å². The predicted octanol–water partition coefficient (Wildman–Crippen LogP) is 4.84. The molecule has 0 spiro atoms. The van der Waals surface area contributed by atoms with Crippen LogP contribution in [0.3, 0.4) is 0 Å². The van der Waals surface area contributed by atoms with E-state index < -0.39 is 11.6 Å². The van der Waals surface area contributed by atoms with Gasteiger partial charge < -0.3 is 10.2 Å². The monoisotopic (exact) mass is 413 g/mol. The summed E-state index contributed by atoms with van der Waals surface area (Å²) in [6.07, 6.45) is 3.53. The molecule has 1 saturated heterocycles. The summed E-state index contributed by atoms with van der Waals surface area (Å²) in [6.45, 7) is 2.88. The Bertz CT molecular complexity index is 975. The van der Waals surface area contributed by atoms with Crippen molar-refractivity contribution in [3.8, 4) is 0 Å². The zero-order chi connectivity index (χ0) is 21.3. The first-order valence-corrected chi connectivity index (χ1v) is 10.3. The summed E-state index contributed by atoms with van der Waals surface area (Å²) in [6, 6.07) is 8.57. The van der Waals surface area contributed by atoms with E-state index in [1.165, 1.54) is 4.90 Å². The molecule has 0 radical (unpaired) electrons. The van der Waals surface area contributed by atoms with Gasteiger partial charge in [-0.3, -0.25) is 9.69 Å². The fraction of sp³-hybridized carbons (Fsp3) is 0.391. The maximum Gasteiger partial charge on any atom is 0.324 e. The van der Waals surface area contributed by atoms with E-state index >= 15 is 0 Å². The van der Waals surface area contributed by atoms with Crippen LogP contribution in [0.15, 0.2) is 36.4 Å². The highest BCUT2D eigenvalue weighted by atomic mass is 19.1. The number of halogens is 2. The Morgan fingerprint density at radius 1 is 1.10 bits per heavy atom. The van der Waals surface area contributed by atoms with Crippen LogP contribution < -0.4 is 10.2 Å². The molecule has 0 unspecified atom stereocenters. The minimum Gasteiger partial charge on any atom is -0.324 e. The van der Waals surface area contributed by atoms with Crippen molar-refractivity contribution in [2.45, 2.75) is 39.2 Å². The van der Waals surface area contributed by atoms with E-state index in [9.17, 15) is 18.4 Å². The van der Waals surface area contributed by atoms with E-state index in [4.69, 9.17) is 0 Å². The Hall–Kier alpha value is -2.96. The summed E-state index contributed by atoms with van der Waals surface area (Å²) in [7, 11) is 0. The van der Waals surface area contributed by atoms with Crippen molar-refractivity contribution in [2.24, 2.45) is 5.92 Å². The first kappa shape index (κ1) is 20.3. The van der Waals surface area contributed by atoms with Gasteiger partial charge in [-0.1, -0.05) is 12.5 Å². The van der Waals surface area contributed by atoms with E-state index in [0.717, 1.165) is 43.0 Å². The average molecular weight is 413 g/mol. The van der Waals surface area contributed by atoms with Gasteiger partial charge in [0.05, 0.1) is 17.9 Å². The van der Waals surface area contributed by atoms with Crippen molar-refractivity contribution in [3.63, 3.8) is 0 Å². The van der Waals surface area contributed by atoms with Crippen LogP contribution >= 0.6 is 0 Å². The van der Waals surface area contributed by atoms with Gasteiger partial charge in [-0.05, 0) is 62.1 Å². The number of anilines is 2. The molecule has 1 N–H and O–H groups in total. The Balaban J connectivity index is 1.56. The van der Waals surface area contributed by atoms with Crippen molar-refractivity contribution >= 4 is 23.3 Å². The summed E-state index contributed by atoms with van der Waals surface area (Å²) in [5, 5.41) is 2.99. The molecular weight excluding hydrogens is 388 g/mol. The molecule has 1 aliphatic heterocycles. The minimum atomic E-state index is -0.537. The lowest BCUT2D eigenvalue weighted by molar-refractivity contribution is -0.122. The standard InChI is InChI=1S/C23H25F2N3O2/c1-15-6-9-21(20(12-15)26-22(29)16-4-2-5-16)28-11-3-10-27(23(28)30)14-17-13-18(24)7-8-19(17)25/h6-9,12-13,16H,2-5,10-11,14H2,1H3,(H,26,29). The average Bonchev–Trinajstić information content (AvgIpc) is 2.65. The first-order chi connectivity index (χ1) is 14.4. The Labute approximate surface area is 174 Å². The maximum atomic E-state index is 14.1. The van der Waals surface area contributed by atoms with Gasteiger partial charge in [-0.2, -0.15) is 0 Å². The molecule has 2 aromatic carbocycles. The molecule has 1 heterocycles. The SMILES string of the molecule is Cc1ccc(N2CCCN(Cc3cc(F)ccc3F)C2=O)c(NC(=O)C2CCC2)c1. The number of benzene rings is 2. The van der Waals surface area contributed by atoms with Crippen molar-refractivity contribution in [1.29, 1.82) is 0 Å². The highest BCUT2D eigenvalue weighted by Gasteiger charge is 2.31. The van der Waals surface area contributed by atoms with Crippen LogP contribution in [0.2, 0.25) is 0 Å². The van der Waals surface area contributed by atoms with Gasteiger partial charge in [0.25, 0.3) is 0 Å². The van der Waals surface area contributed by atoms with Crippen LogP contribution in [-0.2, 0) is 11.3 Å². The van der Waals surface area contributed by atoms with Crippen LogP contribution in [0.1, 0.15) is 36.8 Å². The Morgan fingerprint density at radius 2 is 1.90 bits per heavy atom. The molecule has 2 fully saturated rings. The largest absolute Gasteiger partial charge is 0.324 e. The summed E-state index contributed by atoms with van der Waals surface area (Å²) >= 11 is 0. The van der Waals surface area contributed by atoms with Gasteiger partial charge in [0.2, 0.25) is 5.91 Å². The predicted molar refractivity (Wildman–Crippen MR) is 111 cm³/mol. The van der Waals surface area contributed by atoms with Crippen molar-refractivity contribution in [2.75, 3.05) is 23.3 Å². The van der Waals surface area contributed by atoms with Gasteiger partial charge in [-0.15, -0.1) is 0 Å². The van der Waals surface area contributed by atoms with Gasteiger partial charge >= 0.3 is 6.03 Å². The summed E-state index contributed by atoms with van der Waals surface area (Å²) in [5.41, 5.74) is 2.36. The van der Waals surface area contributed by atoms with Crippen LogP contribution in [0.5, 0.6) is 0 Å². The number of aryl methyl sites for hydroxylation is 1. The van der Waals surface area contributed by atoms with Gasteiger partial charge in [0.1, 0.15) is 11.6 Å². The number of rotatable bonds is 5. The molecule has 0 bridgehead atoms. The zero-order valence-corrected chi connectivity index (χ0v) is 17.0. The number of nitrogens with one attached hydrogen (secondary N) is 1. The lowest BCUT2D eigenvalue weighted by Crippen LogP contribution is -2.49. The third kappa shape index (κ3) is 4.15. The molecule has 1 saturated carbocycles. The van der Waals surface area contributed by atoms with Gasteiger partial charge in [0, 0.05) is 24.6 Å². The summed E-state index contributed by atoms with van der Waals surface area (Å²) in [4.78, 5) is 28.8. The number of hydrogen-bond acceptors (Lipinski definition) is 2. The first-order valence-electron chi connectivity index (χ1n) is 10.3. The maximum absolute atomic E-state index is 14.1. The minimum absolute atomic E-state index is 0.00540. The molecule has 0 atom stereocenters. The highest BCUT2D eigenvalue weighted by Crippen LogP contribution is 2.33. The van der Waals surface area contributed by atoms with Crippen molar-refractivity contribution in [3.05, 3.63) is 59.2 Å². The van der Waals surface area contributed by atoms with Crippen LogP contribution in [-0.4, -0.2) is 29.9 Å². The Kier molecular flexibility index (Phi) is 5.70. The number of urea groups is 1. The number of carbonyl (C=O) groups is 2. The third-order valence-electron chi connectivity index (χ3n) is 5.86. The second-order valence-electron chi connectivity index (χ2n) is 8.08. The lowest BCUT2D eigenvalue weighted by Gasteiger charge is -2.37. The van der Waals surface area contributed by atoms with Crippen LogP contribution in [0.25, 0.3) is 0 Å². The number of nitrogens with zero attached hydrogens (tertiary/aromatic N) is 2. The van der Waals surface area contributed by atoms with Crippen LogP contribution in [0, 0.1) is 24.5 Å².